The zero-order chi connectivity index (χ0) is 13.1. The molecular formula is C15H18N2O. The van der Waals surface area contributed by atoms with Crippen LogP contribution >= 0.6 is 0 Å². The first-order valence-electron chi connectivity index (χ1n) is 6.19. The molecular weight excluding hydrogens is 224 g/mol. The lowest BCUT2D eigenvalue weighted by molar-refractivity contribution is 0.0774. The van der Waals surface area contributed by atoms with Crippen LogP contribution in [-0.4, -0.2) is 29.4 Å². The number of fused-ring (bicyclic) bond motifs is 1. The third-order valence-electron chi connectivity index (χ3n) is 2.80. The van der Waals surface area contributed by atoms with E-state index in [0.717, 1.165) is 17.4 Å². The molecule has 2 rings (SSSR count). The Bertz CT molecular complexity index is 563. The lowest BCUT2D eigenvalue weighted by atomic mass is 10.2. The highest BCUT2D eigenvalue weighted by molar-refractivity contribution is 5.94. The van der Waals surface area contributed by atoms with E-state index in [9.17, 15) is 4.79 Å². The first-order chi connectivity index (χ1) is 8.58. The van der Waals surface area contributed by atoms with Crippen LogP contribution in [0.5, 0.6) is 0 Å². The van der Waals surface area contributed by atoms with Gasteiger partial charge in [0.05, 0.1) is 5.52 Å². The van der Waals surface area contributed by atoms with E-state index in [2.05, 4.69) is 18.8 Å². The second-order valence-corrected chi connectivity index (χ2v) is 4.97. The maximum atomic E-state index is 12.2. The van der Waals surface area contributed by atoms with Crippen molar-refractivity contribution in [3.05, 3.63) is 42.1 Å². The van der Waals surface area contributed by atoms with Crippen molar-refractivity contribution in [1.29, 1.82) is 0 Å². The summed E-state index contributed by atoms with van der Waals surface area (Å²) < 4.78 is 0. The fourth-order valence-corrected chi connectivity index (χ4v) is 2.01. The predicted molar refractivity (Wildman–Crippen MR) is 73.5 cm³/mol. The number of hydrogen-bond acceptors (Lipinski definition) is 2. The Morgan fingerprint density at radius 2 is 1.94 bits per heavy atom. The number of rotatable bonds is 3. The average Bonchev–Trinajstić information content (AvgIpc) is 2.36. The summed E-state index contributed by atoms with van der Waals surface area (Å²) in [7, 11) is 1.82. The normalized spacial score (nSPS) is 10.9. The van der Waals surface area contributed by atoms with Gasteiger partial charge in [-0.2, -0.15) is 0 Å². The third kappa shape index (κ3) is 2.67. The fraction of sp³-hybridized carbons (Fsp3) is 0.333. The Morgan fingerprint density at radius 1 is 1.22 bits per heavy atom. The molecule has 0 saturated carbocycles. The molecule has 0 unspecified atom stereocenters. The van der Waals surface area contributed by atoms with Crippen molar-refractivity contribution in [1.82, 2.24) is 9.88 Å². The van der Waals surface area contributed by atoms with E-state index < -0.39 is 0 Å². The van der Waals surface area contributed by atoms with Crippen LogP contribution < -0.4 is 0 Å². The first-order valence-corrected chi connectivity index (χ1v) is 6.19. The molecule has 0 N–H and O–H groups in total. The maximum Gasteiger partial charge on any atom is 0.272 e. The van der Waals surface area contributed by atoms with Gasteiger partial charge in [-0.05, 0) is 18.1 Å². The van der Waals surface area contributed by atoms with Crippen LogP contribution in [-0.2, 0) is 0 Å². The Balaban J connectivity index is 2.28. The Hall–Kier alpha value is -1.90. The molecule has 0 aliphatic rings. The van der Waals surface area contributed by atoms with Crippen LogP contribution in [0.2, 0.25) is 0 Å². The van der Waals surface area contributed by atoms with Gasteiger partial charge in [-0.1, -0.05) is 38.1 Å². The van der Waals surface area contributed by atoms with Gasteiger partial charge in [-0.15, -0.1) is 0 Å². The molecule has 0 aliphatic heterocycles. The maximum absolute atomic E-state index is 12.2. The van der Waals surface area contributed by atoms with Crippen LogP contribution in [0.25, 0.3) is 10.9 Å². The summed E-state index contributed by atoms with van der Waals surface area (Å²) in [5.74, 6) is 0.439. The molecule has 94 valence electrons. The molecule has 0 bridgehead atoms. The van der Waals surface area contributed by atoms with Gasteiger partial charge >= 0.3 is 0 Å². The average molecular weight is 242 g/mol. The lowest BCUT2D eigenvalue weighted by Crippen LogP contribution is -2.30. The van der Waals surface area contributed by atoms with E-state index in [1.165, 1.54) is 0 Å². The van der Waals surface area contributed by atoms with Gasteiger partial charge in [0.15, 0.2) is 0 Å². The molecule has 0 saturated heterocycles. The topological polar surface area (TPSA) is 33.2 Å². The van der Waals surface area contributed by atoms with Crippen LogP contribution in [0.4, 0.5) is 0 Å². The summed E-state index contributed by atoms with van der Waals surface area (Å²) in [6.07, 6.45) is 0. The minimum atomic E-state index is -0.0190. The first kappa shape index (κ1) is 12.6. The van der Waals surface area contributed by atoms with Gasteiger partial charge < -0.3 is 4.90 Å². The van der Waals surface area contributed by atoms with E-state index >= 15 is 0 Å². The SMILES string of the molecule is CC(C)CN(C)C(=O)c1ccc2ccccc2n1. The zero-order valence-corrected chi connectivity index (χ0v) is 11.1. The Labute approximate surface area is 107 Å². The van der Waals surface area contributed by atoms with Crippen molar-refractivity contribution in [2.75, 3.05) is 13.6 Å². The van der Waals surface area contributed by atoms with Crippen molar-refractivity contribution in [2.45, 2.75) is 13.8 Å². The monoisotopic (exact) mass is 242 g/mol. The number of para-hydroxylation sites is 1. The largest absolute Gasteiger partial charge is 0.340 e. The fourth-order valence-electron chi connectivity index (χ4n) is 2.01. The minimum absolute atomic E-state index is 0.0190. The zero-order valence-electron chi connectivity index (χ0n) is 11.1. The summed E-state index contributed by atoms with van der Waals surface area (Å²) in [4.78, 5) is 18.3. The number of nitrogens with zero attached hydrogens (tertiary/aromatic N) is 2. The second kappa shape index (κ2) is 5.17. The lowest BCUT2D eigenvalue weighted by Gasteiger charge is -2.18. The van der Waals surface area contributed by atoms with Crippen LogP contribution in [0.1, 0.15) is 24.3 Å². The van der Waals surface area contributed by atoms with Gasteiger partial charge in [0.1, 0.15) is 5.69 Å². The number of pyridine rings is 1. The smallest absolute Gasteiger partial charge is 0.272 e. The molecule has 1 aromatic heterocycles. The highest BCUT2D eigenvalue weighted by Crippen LogP contribution is 2.13. The molecule has 18 heavy (non-hydrogen) atoms. The summed E-state index contributed by atoms with van der Waals surface area (Å²) in [6.45, 7) is 4.93. The molecule has 1 amide bonds. The van der Waals surface area contributed by atoms with E-state index in [1.807, 2.05) is 37.4 Å². The van der Waals surface area contributed by atoms with Crippen molar-refractivity contribution in [3.8, 4) is 0 Å². The summed E-state index contributed by atoms with van der Waals surface area (Å²) >= 11 is 0. The second-order valence-electron chi connectivity index (χ2n) is 4.97. The van der Waals surface area contributed by atoms with Crippen molar-refractivity contribution in [3.63, 3.8) is 0 Å². The van der Waals surface area contributed by atoms with Gasteiger partial charge in [0, 0.05) is 19.0 Å². The number of carbonyl (C=O) groups excluding carboxylic acids is 1. The highest BCUT2D eigenvalue weighted by atomic mass is 16.2. The number of benzene rings is 1. The van der Waals surface area contributed by atoms with Crippen molar-refractivity contribution in [2.24, 2.45) is 5.92 Å². The van der Waals surface area contributed by atoms with E-state index in [4.69, 9.17) is 0 Å². The van der Waals surface area contributed by atoms with Gasteiger partial charge in [0.2, 0.25) is 0 Å². The quantitative estimate of drug-likeness (QED) is 0.829. The van der Waals surface area contributed by atoms with Crippen LogP contribution in [0, 0.1) is 5.92 Å². The van der Waals surface area contributed by atoms with Crippen molar-refractivity contribution < 1.29 is 4.79 Å². The van der Waals surface area contributed by atoms with Crippen LogP contribution in [0.3, 0.4) is 0 Å². The van der Waals surface area contributed by atoms with Crippen molar-refractivity contribution >= 4 is 16.8 Å². The van der Waals surface area contributed by atoms with E-state index in [0.29, 0.717) is 11.6 Å². The summed E-state index contributed by atoms with van der Waals surface area (Å²) in [5, 5.41) is 1.06. The number of amides is 1. The molecule has 0 fully saturated rings. The van der Waals surface area contributed by atoms with Gasteiger partial charge in [-0.25, -0.2) is 4.98 Å². The third-order valence-corrected chi connectivity index (χ3v) is 2.80. The Kier molecular flexibility index (Phi) is 3.60. The molecule has 0 atom stereocenters. The van der Waals surface area contributed by atoms with Gasteiger partial charge in [-0.3, -0.25) is 4.79 Å². The van der Waals surface area contributed by atoms with Gasteiger partial charge in [0.25, 0.3) is 5.91 Å². The number of hydrogen-bond donors (Lipinski definition) is 0. The number of aromatic nitrogens is 1. The molecule has 0 aliphatic carbocycles. The summed E-state index contributed by atoms with van der Waals surface area (Å²) in [6, 6.07) is 11.6. The number of carbonyl (C=O) groups is 1. The standard InChI is InChI=1S/C15H18N2O/c1-11(2)10-17(3)15(18)14-9-8-12-6-4-5-7-13(12)16-14/h4-9,11H,10H2,1-3H3. The molecule has 3 nitrogen and oxygen atoms in total. The molecule has 3 heteroatoms. The molecule has 0 radical (unpaired) electrons. The molecule has 1 heterocycles. The molecule has 1 aromatic carbocycles. The molecule has 2 aromatic rings. The van der Waals surface area contributed by atoms with E-state index in [-0.39, 0.29) is 5.91 Å². The minimum Gasteiger partial charge on any atom is -0.340 e. The highest BCUT2D eigenvalue weighted by Gasteiger charge is 2.14. The molecule has 0 spiro atoms. The summed E-state index contributed by atoms with van der Waals surface area (Å²) in [5.41, 5.74) is 1.37. The van der Waals surface area contributed by atoms with Crippen LogP contribution in [0.15, 0.2) is 36.4 Å². The Morgan fingerprint density at radius 3 is 2.67 bits per heavy atom. The predicted octanol–water partition coefficient (Wildman–Crippen LogP) is 2.96. The van der Waals surface area contributed by atoms with E-state index in [1.54, 1.807) is 11.0 Å².